The van der Waals surface area contributed by atoms with Gasteiger partial charge < -0.3 is 4.74 Å². The number of nitrogens with zero attached hydrogens (tertiary/aromatic N) is 2. The lowest BCUT2D eigenvalue weighted by Gasteiger charge is -2.05. The summed E-state index contributed by atoms with van der Waals surface area (Å²) >= 11 is 11.8. The van der Waals surface area contributed by atoms with Gasteiger partial charge in [-0.1, -0.05) is 23.2 Å². The first-order valence-corrected chi connectivity index (χ1v) is 5.77. The van der Waals surface area contributed by atoms with Crippen molar-refractivity contribution in [3.05, 3.63) is 51.6 Å². The van der Waals surface area contributed by atoms with Gasteiger partial charge in [0.25, 0.3) is 0 Å². The van der Waals surface area contributed by atoms with Gasteiger partial charge in [0.05, 0.1) is 5.69 Å². The number of halogens is 2. The number of aromatic nitrogens is 2. The first-order chi connectivity index (χ1) is 8.13. The molecule has 0 radical (unpaired) electrons. The third-order valence-corrected chi connectivity index (χ3v) is 2.52. The van der Waals surface area contributed by atoms with E-state index in [1.807, 2.05) is 13.0 Å². The fourth-order valence-corrected chi connectivity index (χ4v) is 1.89. The Labute approximate surface area is 109 Å². The van der Waals surface area contributed by atoms with E-state index in [2.05, 4.69) is 10.2 Å². The predicted molar refractivity (Wildman–Crippen MR) is 67.6 cm³/mol. The molecule has 0 atom stereocenters. The van der Waals surface area contributed by atoms with E-state index in [1.54, 1.807) is 24.3 Å². The molecule has 0 amide bonds. The molecule has 1 aromatic heterocycles. The van der Waals surface area contributed by atoms with Crippen molar-refractivity contribution in [2.24, 2.45) is 0 Å². The van der Waals surface area contributed by atoms with Crippen LogP contribution in [0.25, 0.3) is 0 Å². The maximum Gasteiger partial charge on any atom is 0.233 e. The molecule has 0 saturated carbocycles. The molecular formula is C12H10Cl2N2O. The van der Waals surface area contributed by atoms with E-state index in [0.717, 1.165) is 11.3 Å². The zero-order chi connectivity index (χ0) is 12.3. The molecule has 1 aromatic carbocycles. The van der Waals surface area contributed by atoms with Gasteiger partial charge in [-0.05, 0) is 36.8 Å². The molecule has 1 heterocycles. The maximum atomic E-state index is 5.88. The summed E-state index contributed by atoms with van der Waals surface area (Å²) < 4.78 is 5.47. The van der Waals surface area contributed by atoms with Crippen molar-refractivity contribution in [1.29, 1.82) is 0 Å². The number of hydrogen-bond acceptors (Lipinski definition) is 3. The topological polar surface area (TPSA) is 35.0 Å². The van der Waals surface area contributed by atoms with Crippen molar-refractivity contribution in [3.8, 4) is 5.88 Å². The fourth-order valence-electron chi connectivity index (χ4n) is 1.32. The van der Waals surface area contributed by atoms with Crippen LogP contribution in [0.1, 0.15) is 11.3 Å². The highest BCUT2D eigenvalue weighted by Gasteiger charge is 2.01. The van der Waals surface area contributed by atoms with Gasteiger partial charge in [0.1, 0.15) is 6.61 Å². The summed E-state index contributed by atoms with van der Waals surface area (Å²) in [6.45, 7) is 2.23. The van der Waals surface area contributed by atoms with Crippen LogP contribution in [0.15, 0.2) is 30.3 Å². The Morgan fingerprint density at radius 3 is 2.35 bits per heavy atom. The van der Waals surface area contributed by atoms with E-state index < -0.39 is 0 Å². The van der Waals surface area contributed by atoms with E-state index in [9.17, 15) is 0 Å². The molecule has 0 unspecified atom stereocenters. The van der Waals surface area contributed by atoms with Gasteiger partial charge in [-0.15, -0.1) is 5.10 Å². The average molecular weight is 269 g/mol. The van der Waals surface area contributed by atoms with Gasteiger partial charge >= 0.3 is 0 Å². The van der Waals surface area contributed by atoms with Crippen molar-refractivity contribution in [1.82, 2.24) is 10.2 Å². The van der Waals surface area contributed by atoms with Crippen LogP contribution >= 0.6 is 23.2 Å². The minimum Gasteiger partial charge on any atom is -0.472 e. The molecule has 0 aliphatic heterocycles. The number of rotatable bonds is 3. The van der Waals surface area contributed by atoms with Crippen LogP contribution < -0.4 is 4.74 Å². The molecule has 17 heavy (non-hydrogen) atoms. The normalized spacial score (nSPS) is 10.3. The SMILES string of the molecule is Cc1ccc(OCc2cc(Cl)cc(Cl)c2)nn1. The van der Waals surface area contributed by atoms with Gasteiger partial charge in [-0.25, -0.2) is 0 Å². The Hall–Kier alpha value is -1.32. The number of aryl methyl sites for hydroxylation is 1. The molecule has 5 heteroatoms. The Morgan fingerprint density at radius 2 is 1.76 bits per heavy atom. The van der Waals surface area contributed by atoms with Crippen LogP contribution in [0.4, 0.5) is 0 Å². The standard InChI is InChI=1S/C12H10Cl2N2O/c1-8-2-3-12(16-15-8)17-7-9-4-10(13)6-11(14)5-9/h2-6H,7H2,1H3. The molecule has 2 rings (SSSR count). The number of benzene rings is 1. The number of ether oxygens (including phenoxy) is 1. The van der Waals surface area contributed by atoms with E-state index in [0.29, 0.717) is 22.5 Å². The van der Waals surface area contributed by atoms with Crippen LogP contribution in [-0.4, -0.2) is 10.2 Å². The van der Waals surface area contributed by atoms with Crippen molar-refractivity contribution in [2.75, 3.05) is 0 Å². The van der Waals surface area contributed by atoms with Gasteiger partial charge in [0.2, 0.25) is 5.88 Å². The minimum atomic E-state index is 0.359. The second-order valence-electron chi connectivity index (χ2n) is 3.58. The molecule has 2 aromatic rings. The van der Waals surface area contributed by atoms with Crippen LogP contribution in [0, 0.1) is 6.92 Å². The smallest absolute Gasteiger partial charge is 0.233 e. The largest absolute Gasteiger partial charge is 0.472 e. The van der Waals surface area contributed by atoms with Gasteiger partial charge in [-0.3, -0.25) is 0 Å². The summed E-state index contributed by atoms with van der Waals surface area (Å²) in [6.07, 6.45) is 0. The van der Waals surface area contributed by atoms with Gasteiger partial charge in [0.15, 0.2) is 0 Å². The lowest BCUT2D eigenvalue weighted by molar-refractivity contribution is 0.290. The van der Waals surface area contributed by atoms with Crippen molar-refractivity contribution < 1.29 is 4.74 Å². The summed E-state index contributed by atoms with van der Waals surface area (Å²) in [5.41, 5.74) is 1.74. The summed E-state index contributed by atoms with van der Waals surface area (Å²) in [7, 11) is 0. The highest BCUT2D eigenvalue weighted by Crippen LogP contribution is 2.20. The highest BCUT2D eigenvalue weighted by atomic mass is 35.5. The average Bonchev–Trinajstić information content (AvgIpc) is 2.27. The Morgan fingerprint density at radius 1 is 1.06 bits per heavy atom. The molecule has 0 N–H and O–H groups in total. The molecule has 0 fully saturated rings. The molecule has 88 valence electrons. The predicted octanol–water partition coefficient (Wildman–Crippen LogP) is 3.67. The zero-order valence-electron chi connectivity index (χ0n) is 9.15. The third-order valence-electron chi connectivity index (χ3n) is 2.08. The zero-order valence-corrected chi connectivity index (χ0v) is 10.7. The molecule has 0 saturated heterocycles. The fraction of sp³-hybridized carbons (Fsp3) is 0.167. The Balaban J connectivity index is 2.04. The quantitative estimate of drug-likeness (QED) is 0.852. The molecule has 0 aliphatic carbocycles. The second-order valence-corrected chi connectivity index (χ2v) is 4.45. The van der Waals surface area contributed by atoms with Gasteiger partial charge in [-0.2, -0.15) is 5.10 Å². The molecule has 0 aliphatic rings. The first kappa shape index (κ1) is 12.1. The number of hydrogen-bond donors (Lipinski definition) is 0. The monoisotopic (exact) mass is 268 g/mol. The molecule has 0 spiro atoms. The summed E-state index contributed by atoms with van der Waals surface area (Å²) in [5, 5.41) is 8.98. The van der Waals surface area contributed by atoms with E-state index >= 15 is 0 Å². The van der Waals surface area contributed by atoms with Crippen molar-refractivity contribution in [2.45, 2.75) is 13.5 Å². The van der Waals surface area contributed by atoms with Crippen molar-refractivity contribution in [3.63, 3.8) is 0 Å². The molecule has 3 nitrogen and oxygen atoms in total. The van der Waals surface area contributed by atoms with Crippen LogP contribution in [-0.2, 0) is 6.61 Å². The van der Waals surface area contributed by atoms with E-state index in [1.165, 1.54) is 0 Å². The van der Waals surface area contributed by atoms with Crippen LogP contribution in [0.3, 0.4) is 0 Å². The van der Waals surface area contributed by atoms with Crippen molar-refractivity contribution >= 4 is 23.2 Å². The van der Waals surface area contributed by atoms with E-state index in [-0.39, 0.29) is 0 Å². The third kappa shape index (κ3) is 3.58. The maximum absolute atomic E-state index is 5.88. The van der Waals surface area contributed by atoms with Crippen LogP contribution in [0.5, 0.6) is 5.88 Å². The molecular weight excluding hydrogens is 259 g/mol. The Bertz CT molecular complexity index is 494. The minimum absolute atomic E-state index is 0.359. The molecule has 0 bridgehead atoms. The summed E-state index contributed by atoms with van der Waals surface area (Å²) in [6, 6.07) is 8.89. The lowest BCUT2D eigenvalue weighted by atomic mass is 10.2. The second kappa shape index (κ2) is 5.34. The van der Waals surface area contributed by atoms with Gasteiger partial charge in [0, 0.05) is 16.1 Å². The Kier molecular flexibility index (Phi) is 3.82. The summed E-state index contributed by atoms with van der Waals surface area (Å²) in [5.74, 6) is 0.478. The first-order valence-electron chi connectivity index (χ1n) is 5.01. The lowest BCUT2D eigenvalue weighted by Crippen LogP contribution is -1.98. The van der Waals surface area contributed by atoms with E-state index in [4.69, 9.17) is 27.9 Å². The highest BCUT2D eigenvalue weighted by molar-refractivity contribution is 6.34. The summed E-state index contributed by atoms with van der Waals surface area (Å²) in [4.78, 5) is 0. The van der Waals surface area contributed by atoms with Crippen LogP contribution in [0.2, 0.25) is 10.0 Å².